The molecule has 0 fully saturated rings. The number of halogens is 1. The molecule has 0 spiro atoms. The van der Waals surface area contributed by atoms with E-state index in [0.29, 0.717) is 15.8 Å². The summed E-state index contributed by atoms with van der Waals surface area (Å²) < 4.78 is 5.68. The minimum atomic E-state index is -0.947. The van der Waals surface area contributed by atoms with Crippen molar-refractivity contribution in [3.63, 3.8) is 0 Å². The van der Waals surface area contributed by atoms with E-state index in [1.807, 2.05) is 0 Å². The predicted octanol–water partition coefficient (Wildman–Crippen LogP) is 2.30. The molecular formula is C13H16BrNO4. The Bertz CT molecular complexity index is 490. The van der Waals surface area contributed by atoms with Crippen LogP contribution in [0.2, 0.25) is 0 Å². The van der Waals surface area contributed by atoms with Crippen LogP contribution < -0.4 is 10.1 Å². The van der Waals surface area contributed by atoms with Crippen LogP contribution in [0.15, 0.2) is 22.7 Å². The quantitative estimate of drug-likeness (QED) is 0.869. The van der Waals surface area contributed by atoms with E-state index < -0.39 is 17.9 Å². The zero-order chi connectivity index (χ0) is 14.6. The first-order valence-electron chi connectivity index (χ1n) is 5.74. The number of carboxylic acid groups (broad SMARTS) is 1. The number of ether oxygens (including phenoxy) is 1. The lowest BCUT2D eigenvalue weighted by Gasteiger charge is -2.18. The first kappa shape index (κ1) is 15.5. The Hall–Kier alpha value is -1.56. The second-order valence-electron chi connectivity index (χ2n) is 4.23. The summed E-state index contributed by atoms with van der Waals surface area (Å²) >= 11 is 3.28. The SMILES string of the molecule is COc1ccc(Br)c(C(=O)NC(C)C(C)C(=O)O)c1. The molecule has 0 saturated carbocycles. The van der Waals surface area contributed by atoms with Crippen LogP contribution in [-0.2, 0) is 4.79 Å². The zero-order valence-corrected chi connectivity index (χ0v) is 12.5. The van der Waals surface area contributed by atoms with Crippen molar-refractivity contribution in [3.05, 3.63) is 28.2 Å². The lowest BCUT2D eigenvalue weighted by molar-refractivity contribution is -0.141. The summed E-state index contributed by atoms with van der Waals surface area (Å²) in [7, 11) is 1.51. The number of nitrogens with one attached hydrogen (secondary N) is 1. The van der Waals surface area contributed by atoms with Gasteiger partial charge in [0.25, 0.3) is 5.91 Å². The van der Waals surface area contributed by atoms with Crippen molar-refractivity contribution in [1.29, 1.82) is 0 Å². The van der Waals surface area contributed by atoms with Gasteiger partial charge >= 0.3 is 5.97 Å². The van der Waals surface area contributed by atoms with Crippen molar-refractivity contribution in [3.8, 4) is 5.75 Å². The van der Waals surface area contributed by atoms with Gasteiger partial charge in [0.15, 0.2) is 0 Å². The Kier molecular flexibility index (Phi) is 5.35. The van der Waals surface area contributed by atoms with Gasteiger partial charge < -0.3 is 15.2 Å². The van der Waals surface area contributed by atoms with Gasteiger partial charge in [-0.25, -0.2) is 0 Å². The Morgan fingerprint density at radius 1 is 1.37 bits per heavy atom. The van der Waals surface area contributed by atoms with Crippen molar-refractivity contribution < 1.29 is 19.4 Å². The molecule has 6 heteroatoms. The number of rotatable bonds is 5. The second kappa shape index (κ2) is 6.56. The number of carboxylic acids is 1. The smallest absolute Gasteiger partial charge is 0.308 e. The third-order valence-electron chi connectivity index (χ3n) is 2.92. The van der Waals surface area contributed by atoms with Crippen LogP contribution in [0.4, 0.5) is 0 Å². The fourth-order valence-electron chi connectivity index (χ4n) is 1.43. The van der Waals surface area contributed by atoms with Gasteiger partial charge in [0.2, 0.25) is 0 Å². The Balaban J connectivity index is 2.86. The lowest BCUT2D eigenvalue weighted by atomic mass is 10.0. The summed E-state index contributed by atoms with van der Waals surface area (Å²) in [6.45, 7) is 3.21. The van der Waals surface area contributed by atoms with Gasteiger partial charge in [0.05, 0.1) is 18.6 Å². The number of aliphatic carboxylic acids is 1. The minimum Gasteiger partial charge on any atom is -0.497 e. The van der Waals surface area contributed by atoms with Gasteiger partial charge in [0, 0.05) is 10.5 Å². The van der Waals surface area contributed by atoms with Crippen LogP contribution in [0.3, 0.4) is 0 Å². The predicted molar refractivity (Wildman–Crippen MR) is 74.4 cm³/mol. The minimum absolute atomic E-state index is 0.341. The number of hydrogen-bond acceptors (Lipinski definition) is 3. The third-order valence-corrected chi connectivity index (χ3v) is 3.61. The largest absolute Gasteiger partial charge is 0.497 e. The molecule has 2 N–H and O–H groups in total. The number of carbonyl (C=O) groups excluding carboxylic acids is 1. The van der Waals surface area contributed by atoms with Crippen LogP contribution >= 0.6 is 15.9 Å². The fourth-order valence-corrected chi connectivity index (χ4v) is 1.86. The molecule has 2 unspecified atom stereocenters. The molecule has 0 aliphatic carbocycles. The summed E-state index contributed by atoms with van der Waals surface area (Å²) in [6.07, 6.45) is 0. The highest BCUT2D eigenvalue weighted by Crippen LogP contribution is 2.22. The average molecular weight is 330 g/mol. The maximum absolute atomic E-state index is 12.1. The molecule has 0 aromatic heterocycles. The molecule has 0 aliphatic rings. The molecule has 0 aliphatic heterocycles. The van der Waals surface area contributed by atoms with Crippen molar-refractivity contribution in [1.82, 2.24) is 5.32 Å². The second-order valence-corrected chi connectivity index (χ2v) is 5.09. The van der Waals surface area contributed by atoms with E-state index in [0.717, 1.165) is 0 Å². The molecule has 1 aromatic rings. The molecule has 0 bridgehead atoms. The average Bonchev–Trinajstić information content (AvgIpc) is 2.37. The van der Waals surface area contributed by atoms with E-state index in [9.17, 15) is 9.59 Å². The molecule has 0 heterocycles. The van der Waals surface area contributed by atoms with Crippen LogP contribution in [0.25, 0.3) is 0 Å². The van der Waals surface area contributed by atoms with Gasteiger partial charge in [-0.3, -0.25) is 9.59 Å². The molecule has 104 valence electrons. The summed E-state index contributed by atoms with van der Waals surface area (Å²) in [4.78, 5) is 22.9. The van der Waals surface area contributed by atoms with E-state index in [1.54, 1.807) is 32.0 Å². The summed E-state index contributed by atoms with van der Waals surface area (Å²) in [5.74, 6) is -1.38. The highest BCUT2D eigenvalue weighted by Gasteiger charge is 2.22. The van der Waals surface area contributed by atoms with Crippen molar-refractivity contribution in [2.75, 3.05) is 7.11 Å². The highest BCUT2D eigenvalue weighted by molar-refractivity contribution is 9.10. The van der Waals surface area contributed by atoms with E-state index in [-0.39, 0.29) is 5.91 Å². The molecule has 1 amide bonds. The van der Waals surface area contributed by atoms with Gasteiger partial charge in [0.1, 0.15) is 5.75 Å². The van der Waals surface area contributed by atoms with E-state index in [2.05, 4.69) is 21.2 Å². The molecular weight excluding hydrogens is 314 g/mol. The number of hydrogen-bond donors (Lipinski definition) is 2. The fraction of sp³-hybridized carbons (Fsp3) is 0.385. The highest BCUT2D eigenvalue weighted by atomic mass is 79.9. The van der Waals surface area contributed by atoms with Gasteiger partial charge in [-0.1, -0.05) is 0 Å². The van der Waals surface area contributed by atoms with E-state index in [4.69, 9.17) is 9.84 Å². The van der Waals surface area contributed by atoms with Crippen molar-refractivity contribution in [2.24, 2.45) is 5.92 Å². The summed E-state index contributed by atoms with van der Waals surface area (Å²) in [6, 6.07) is 4.56. The number of methoxy groups -OCH3 is 1. The van der Waals surface area contributed by atoms with E-state index in [1.165, 1.54) is 7.11 Å². The van der Waals surface area contributed by atoms with Crippen LogP contribution in [0.5, 0.6) is 5.75 Å². The standard InChI is InChI=1S/C13H16BrNO4/c1-7(13(17)18)8(2)15-12(16)10-6-9(19-3)4-5-11(10)14/h4-8H,1-3H3,(H,15,16)(H,17,18). The van der Waals surface area contributed by atoms with Crippen molar-refractivity contribution in [2.45, 2.75) is 19.9 Å². The van der Waals surface area contributed by atoms with Crippen LogP contribution in [0.1, 0.15) is 24.2 Å². The molecule has 1 aromatic carbocycles. The molecule has 1 rings (SSSR count). The molecule has 2 atom stereocenters. The van der Waals surface area contributed by atoms with Crippen LogP contribution in [-0.4, -0.2) is 30.1 Å². The van der Waals surface area contributed by atoms with Gasteiger partial charge in [-0.05, 0) is 48.0 Å². The van der Waals surface area contributed by atoms with Crippen molar-refractivity contribution >= 4 is 27.8 Å². The van der Waals surface area contributed by atoms with Crippen LogP contribution in [0, 0.1) is 5.92 Å². The number of benzene rings is 1. The number of carbonyl (C=O) groups is 2. The first-order chi connectivity index (χ1) is 8.86. The molecule has 0 saturated heterocycles. The Labute approximate surface area is 120 Å². The normalized spacial score (nSPS) is 13.5. The lowest BCUT2D eigenvalue weighted by Crippen LogP contribution is -2.40. The maximum Gasteiger partial charge on any atom is 0.308 e. The monoisotopic (exact) mass is 329 g/mol. The zero-order valence-electron chi connectivity index (χ0n) is 10.9. The Morgan fingerprint density at radius 2 is 2.00 bits per heavy atom. The van der Waals surface area contributed by atoms with Gasteiger partial charge in [-0.15, -0.1) is 0 Å². The maximum atomic E-state index is 12.1. The number of amides is 1. The van der Waals surface area contributed by atoms with E-state index >= 15 is 0 Å². The van der Waals surface area contributed by atoms with Gasteiger partial charge in [-0.2, -0.15) is 0 Å². The first-order valence-corrected chi connectivity index (χ1v) is 6.53. The Morgan fingerprint density at radius 3 is 2.53 bits per heavy atom. The summed E-state index contributed by atoms with van der Waals surface area (Å²) in [5, 5.41) is 11.6. The topological polar surface area (TPSA) is 75.6 Å². The molecule has 19 heavy (non-hydrogen) atoms. The molecule has 5 nitrogen and oxygen atoms in total. The summed E-state index contributed by atoms with van der Waals surface area (Å²) in [5.41, 5.74) is 0.406. The third kappa shape index (κ3) is 3.96. The molecule has 0 radical (unpaired) electrons.